The lowest BCUT2D eigenvalue weighted by atomic mass is 10.0. The van der Waals surface area contributed by atoms with Gasteiger partial charge in [0.2, 0.25) is 5.88 Å². The molecule has 0 aliphatic carbocycles. The number of aromatic nitrogens is 4. The van der Waals surface area contributed by atoms with Crippen LogP contribution in [0, 0.1) is 0 Å². The second-order valence-electron chi connectivity index (χ2n) is 5.51. The zero-order valence-corrected chi connectivity index (χ0v) is 13.3. The fourth-order valence-electron chi connectivity index (χ4n) is 1.91. The van der Waals surface area contributed by atoms with Gasteiger partial charge in [-0.2, -0.15) is 4.98 Å². The Morgan fingerprint density at radius 1 is 1.35 bits per heavy atom. The molecule has 0 atom stereocenters. The average molecular weight is 298 g/mol. The molecule has 0 aliphatic heterocycles. The number of hydrogen-bond acceptors (Lipinski definition) is 5. The summed E-state index contributed by atoms with van der Waals surface area (Å²) in [7, 11) is 5.68. The van der Waals surface area contributed by atoms with Crippen molar-refractivity contribution in [3.8, 4) is 5.88 Å². The van der Waals surface area contributed by atoms with Gasteiger partial charge in [0.1, 0.15) is 12.2 Å². The molecule has 6 nitrogen and oxygen atoms in total. The van der Waals surface area contributed by atoms with Crippen molar-refractivity contribution in [2.45, 2.75) is 31.8 Å². The number of ether oxygens (including phenoxy) is 1. The third kappa shape index (κ3) is 2.58. The van der Waals surface area contributed by atoms with E-state index in [9.17, 15) is 0 Å². The van der Waals surface area contributed by atoms with Crippen molar-refractivity contribution in [2.75, 3.05) is 21.2 Å². The highest BCUT2D eigenvalue weighted by atomic mass is 35.5. The average Bonchev–Trinajstić information content (AvgIpc) is 2.76. The lowest BCUT2D eigenvalue weighted by molar-refractivity contribution is 0.170. The van der Waals surface area contributed by atoms with Crippen LogP contribution in [-0.4, -0.2) is 51.2 Å². The van der Waals surface area contributed by atoms with Gasteiger partial charge in [-0.3, -0.25) is 0 Å². The SMILES string of the molecule is COc1ncnc2c1nc(CCl)n2CC(C)(C)N(C)C. The van der Waals surface area contributed by atoms with Gasteiger partial charge >= 0.3 is 0 Å². The molecule has 110 valence electrons. The summed E-state index contributed by atoms with van der Waals surface area (Å²) < 4.78 is 7.27. The Balaban J connectivity index is 2.57. The monoisotopic (exact) mass is 297 g/mol. The number of halogens is 1. The van der Waals surface area contributed by atoms with Crippen molar-refractivity contribution in [3.05, 3.63) is 12.2 Å². The molecular formula is C13H20ClN5O. The van der Waals surface area contributed by atoms with Crippen LogP contribution in [0.25, 0.3) is 11.2 Å². The zero-order chi connectivity index (χ0) is 14.9. The first-order valence-electron chi connectivity index (χ1n) is 6.38. The molecule has 0 saturated carbocycles. The van der Waals surface area contributed by atoms with Crippen LogP contribution in [0.4, 0.5) is 0 Å². The molecule has 0 spiro atoms. The number of likely N-dealkylation sites (N-methyl/N-ethyl adjacent to an activating group) is 1. The van der Waals surface area contributed by atoms with Crippen molar-refractivity contribution in [1.29, 1.82) is 0 Å². The number of alkyl halides is 1. The Labute approximate surface area is 123 Å². The molecule has 0 amide bonds. The topological polar surface area (TPSA) is 56.1 Å². The van der Waals surface area contributed by atoms with Gasteiger partial charge < -0.3 is 14.2 Å². The van der Waals surface area contributed by atoms with E-state index in [0.29, 0.717) is 17.3 Å². The normalized spacial score (nSPS) is 12.3. The van der Waals surface area contributed by atoms with Gasteiger partial charge in [0.15, 0.2) is 11.2 Å². The van der Waals surface area contributed by atoms with Crippen LogP contribution in [0.1, 0.15) is 19.7 Å². The Kier molecular flexibility index (Phi) is 4.15. The van der Waals surface area contributed by atoms with Crippen LogP contribution in [0.15, 0.2) is 6.33 Å². The molecule has 0 N–H and O–H groups in total. The first kappa shape index (κ1) is 15.0. The molecule has 7 heteroatoms. The van der Waals surface area contributed by atoms with E-state index < -0.39 is 0 Å². The summed E-state index contributed by atoms with van der Waals surface area (Å²) in [5.41, 5.74) is 1.36. The highest BCUT2D eigenvalue weighted by molar-refractivity contribution is 6.16. The van der Waals surface area contributed by atoms with Crippen LogP contribution in [0.3, 0.4) is 0 Å². The summed E-state index contributed by atoms with van der Waals surface area (Å²) >= 11 is 6.02. The smallest absolute Gasteiger partial charge is 0.245 e. The molecule has 0 aromatic carbocycles. The second kappa shape index (κ2) is 5.54. The lowest BCUT2D eigenvalue weighted by Gasteiger charge is -2.33. The number of methoxy groups -OCH3 is 1. The first-order valence-corrected chi connectivity index (χ1v) is 6.91. The van der Waals surface area contributed by atoms with E-state index in [-0.39, 0.29) is 5.54 Å². The molecule has 2 rings (SSSR count). The van der Waals surface area contributed by atoms with Crippen LogP contribution in [0.2, 0.25) is 0 Å². The maximum absolute atomic E-state index is 6.02. The van der Waals surface area contributed by atoms with E-state index in [1.165, 1.54) is 6.33 Å². The van der Waals surface area contributed by atoms with E-state index in [1.807, 2.05) is 4.57 Å². The van der Waals surface area contributed by atoms with Crippen LogP contribution < -0.4 is 4.74 Å². The van der Waals surface area contributed by atoms with Gasteiger partial charge in [-0.1, -0.05) is 0 Å². The fraction of sp³-hybridized carbons (Fsp3) is 0.615. The second-order valence-corrected chi connectivity index (χ2v) is 5.78. The summed E-state index contributed by atoms with van der Waals surface area (Å²) in [6, 6.07) is 0. The van der Waals surface area contributed by atoms with Crippen LogP contribution >= 0.6 is 11.6 Å². The van der Waals surface area contributed by atoms with E-state index >= 15 is 0 Å². The molecular weight excluding hydrogens is 278 g/mol. The lowest BCUT2D eigenvalue weighted by Crippen LogP contribution is -2.42. The van der Waals surface area contributed by atoms with Gasteiger partial charge in [0, 0.05) is 12.1 Å². The summed E-state index contributed by atoms with van der Waals surface area (Å²) in [4.78, 5) is 15.1. The number of rotatable bonds is 5. The van der Waals surface area contributed by atoms with Crippen LogP contribution in [-0.2, 0) is 12.4 Å². The molecule has 0 unspecified atom stereocenters. The van der Waals surface area contributed by atoms with E-state index in [0.717, 1.165) is 18.0 Å². The molecule has 2 aromatic heterocycles. The van der Waals surface area contributed by atoms with Gasteiger partial charge in [0.05, 0.1) is 13.0 Å². The van der Waals surface area contributed by atoms with Crippen LogP contribution in [0.5, 0.6) is 5.88 Å². The minimum Gasteiger partial charge on any atom is -0.479 e. The van der Waals surface area contributed by atoms with Crippen molar-refractivity contribution < 1.29 is 4.74 Å². The van der Waals surface area contributed by atoms with Crippen molar-refractivity contribution >= 4 is 22.8 Å². The quantitative estimate of drug-likeness (QED) is 0.789. The summed E-state index contributed by atoms with van der Waals surface area (Å²) in [6.45, 7) is 5.06. The highest BCUT2D eigenvalue weighted by Crippen LogP contribution is 2.25. The summed E-state index contributed by atoms with van der Waals surface area (Å²) in [5, 5.41) is 0. The minimum absolute atomic E-state index is 0.0490. The summed E-state index contributed by atoms with van der Waals surface area (Å²) in [5.74, 6) is 1.57. The number of hydrogen-bond donors (Lipinski definition) is 0. The Morgan fingerprint density at radius 3 is 2.60 bits per heavy atom. The molecule has 2 heterocycles. The van der Waals surface area contributed by atoms with Gasteiger partial charge in [-0.05, 0) is 27.9 Å². The van der Waals surface area contributed by atoms with Gasteiger partial charge in [-0.15, -0.1) is 11.6 Å². The Hall–Kier alpha value is -1.40. The molecule has 0 radical (unpaired) electrons. The molecule has 20 heavy (non-hydrogen) atoms. The van der Waals surface area contributed by atoms with Gasteiger partial charge in [-0.25, -0.2) is 9.97 Å². The maximum Gasteiger partial charge on any atom is 0.245 e. The van der Waals surface area contributed by atoms with Gasteiger partial charge in [0.25, 0.3) is 0 Å². The predicted molar refractivity (Wildman–Crippen MR) is 79.2 cm³/mol. The Bertz CT molecular complexity index is 608. The predicted octanol–water partition coefficient (Wildman–Crippen LogP) is 1.91. The fourth-order valence-corrected chi connectivity index (χ4v) is 2.11. The zero-order valence-electron chi connectivity index (χ0n) is 12.5. The molecule has 0 fully saturated rings. The number of fused-ring (bicyclic) bond motifs is 1. The van der Waals surface area contributed by atoms with E-state index in [4.69, 9.17) is 16.3 Å². The number of imidazole rings is 1. The number of nitrogens with zero attached hydrogens (tertiary/aromatic N) is 5. The largest absolute Gasteiger partial charge is 0.479 e. The van der Waals surface area contributed by atoms with E-state index in [2.05, 4.69) is 47.8 Å². The molecule has 0 saturated heterocycles. The molecule has 2 aromatic rings. The van der Waals surface area contributed by atoms with Crippen molar-refractivity contribution in [3.63, 3.8) is 0 Å². The van der Waals surface area contributed by atoms with E-state index in [1.54, 1.807) is 7.11 Å². The first-order chi connectivity index (χ1) is 9.40. The third-order valence-corrected chi connectivity index (χ3v) is 3.89. The maximum atomic E-state index is 6.02. The Morgan fingerprint density at radius 2 is 2.05 bits per heavy atom. The molecule has 0 bridgehead atoms. The van der Waals surface area contributed by atoms with Crippen molar-refractivity contribution in [1.82, 2.24) is 24.4 Å². The molecule has 0 aliphatic rings. The van der Waals surface area contributed by atoms with Crippen molar-refractivity contribution in [2.24, 2.45) is 0 Å². The minimum atomic E-state index is -0.0490. The third-order valence-electron chi connectivity index (χ3n) is 3.65. The summed E-state index contributed by atoms with van der Waals surface area (Å²) in [6.07, 6.45) is 1.49. The standard InChI is InChI=1S/C13H20ClN5O/c1-13(2,18(3)4)7-19-9(6-14)17-10-11(19)15-8-16-12(10)20-5/h8H,6-7H2,1-5H3. The highest BCUT2D eigenvalue weighted by Gasteiger charge is 2.25.